The molecule has 2 N–H and O–H groups in total. The monoisotopic (exact) mass is 445 g/mol. The number of allylic oxidation sites excluding steroid dienone is 1. The van der Waals surface area contributed by atoms with Gasteiger partial charge in [0.05, 0.1) is 6.54 Å². The van der Waals surface area contributed by atoms with Crippen molar-refractivity contribution in [3.8, 4) is 0 Å². The standard InChI is InChI=1S/C19H17F6N5O/c20-12-7-14(22)13(21)6-11(12)10-2-1-9(5-15(10)26)17(31)29-3-4-30-16(8-29)27-28-18(30)19(23,24)25/h1,6-7,10,15H,2-5,8,26H2/t10-,15+/m1/s1. The second-order valence-corrected chi connectivity index (χ2v) is 7.54. The van der Waals surface area contributed by atoms with Crippen molar-refractivity contribution in [2.75, 3.05) is 6.54 Å². The van der Waals surface area contributed by atoms with Crippen LogP contribution in [0.2, 0.25) is 0 Å². The molecule has 0 radical (unpaired) electrons. The molecule has 166 valence electrons. The van der Waals surface area contributed by atoms with Crippen LogP contribution in [-0.4, -0.2) is 38.2 Å². The van der Waals surface area contributed by atoms with Gasteiger partial charge in [-0.15, -0.1) is 10.2 Å². The summed E-state index contributed by atoms with van der Waals surface area (Å²) < 4.78 is 80.6. The van der Waals surface area contributed by atoms with Crippen LogP contribution in [0.3, 0.4) is 0 Å². The molecule has 0 unspecified atom stereocenters. The normalized spacial score (nSPS) is 21.6. The Morgan fingerprint density at radius 3 is 2.45 bits per heavy atom. The van der Waals surface area contributed by atoms with Crippen LogP contribution in [0.4, 0.5) is 26.3 Å². The van der Waals surface area contributed by atoms with Crippen LogP contribution in [0, 0.1) is 17.5 Å². The van der Waals surface area contributed by atoms with Gasteiger partial charge in [-0.05, 0) is 24.5 Å². The lowest BCUT2D eigenvalue weighted by Crippen LogP contribution is -2.42. The van der Waals surface area contributed by atoms with Gasteiger partial charge in [-0.1, -0.05) is 6.08 Å². The predicted octanol–water partition coefficient (Wildman–Crippen LogP) is 2.89. The summed E-state index contributed by atoms with van der Waals surface area (Å²) in [7, 11) is 0. The number of aromatic nitrogens is 3. The minimum atomic E-state index is -4.64. The number of hydrogen-bond donors (Lipinski definition) is 1. The number of alkyl halides is 3. The molecule has 2 heterocycles. The van der Waals surface area contributed by atoms with Crippen LogP contribution >= 0.6 is 0 Å². The number of nitrogens with two attached hydrogens (primary N) is 1. The predicted molar refractivity (Wildman–Crippen MR) is 94.8 cm³/mol. The highest BCUT2D eigenvalue weighted by Gasteiger charge is 2.40. The number of rotatable bonds is 2. The zero-order valence-corrected chi connectivity index (χ0v) is 16.0. The Bertz CT molecular complexity index is 1060. The number of amides is 1. The lowest BCUT2D eigenvalue weighted by atomic mass is 9.80. The maximum Gasteiger partial charge on any atom is 0.451 e. The molecule has 2 aliphatic rings. The van der Waals surface area contributed by atoms with E-state index >= 15 is 0 Å². The van der Waals surface area contributed by atoms with Crippen molar-refractivity contribution in [1.29, 1.82) is 0 Å². The van der Waals surface area contributed by atoms with Crippen molar-refractivity contribution in [2.45, 2.75) is 44.1 Å². The lowest BCUT2D eigenvalue weighted by Gasteiger charge is -2.33. The second-order valence-electron chi connectivity index (χ2n) is 7.54. The van der Waals surface area contributed by atoms with Gasteiger partial charge >= 0.3 is 6.18 Å². The maximum absolute atomic E-state index is 14.1. The van der Waals surface area contributed by atoms with Gasteiger partial charge in [0.25, 0.3) is 0 Å². The van der Waals surface area contributed by atoms with Crippen molar-refractivity contribution in [2.24, 2.45) is 5.73 Å². The van der Waals surface area contributed by atoms with Gasteiger partial charge in [-0.3, -0.25) is 4.79 Å². The Kier molecular flexibility index (Phi) is 5.28. The molecule has 6 nitrogen and oxygen atoms in total. The van der Waals surface area contributed by atoms with Gasteiger partial charge < -0.3 is 15.2 Å². The fourth-order valence-electron chi connectivity index (χ4n) is 4.02. The van der Waals surface area contributed by atoms with E-state index in [9.17, 15) is 31.1 Å². The molecule has 2 atom stereocenters. The third-order valence-electron chi connectivity index (χ3n) is 5.60. The highest BCUT2D eigenvalue weighted by molar-refractivity contribution is 5.93. The molecule has 1 aliphatic carbocycles. The number of carbonyl (C=O) groups excluding carboxylic acids is 1. The molecule has 0 spiro atoms. The van der Waals surface area contributed by atoms with E-state index < -0.39 is 47.3 Å². The summed E-state index contributed by atoms with van der Waals surface area (Å²) >= 11 is 0. The van der Waals surface area contributed by atoms with Gasteiger partial charge in [0.1, 0.15) is 5.82 Å². The van der Waals surface area contributed by atoms with Gasteiger partial charge in [0.2, 0.25) is 11.7 Å². The van der Waals surface area contributed by atoms with E-state index in [4.69, 9.17) is 5.73 Å². The fourth-order valence-corrected chi connectivity index (χ4v) is 4.02. The number of benzene rings is 1. The molecule has 0 saturated heterocycles. The average Bonchev–Trinajstić information content (AvgIpc) is 3.14. The van der Waals surface area contributed by atoms with E-state index in [1.54, 1.807) is 6.08 Å². The maximum atomic E-state index is 14.1. The number of carbonyl (C=O) groups is 1. The Hall–Kier alpha value is -2.89. The highest BCUT2D eigenvalue weighted by Crippen LogP contribution is 2.35. The van der Waals surface area contributed by atoms with Crippen LogP contribution in [0.25, 0.3) is 0 Å². The number of hydrogen-bond acceptors (Lipinski definition) is 4. The molecule has 12 heteroatoms. The summed E-state index contributed by atoms with van der Waals surface area (Å²) in [6, 6.07) is 0.500. The number of nitrogens with zero attached hydrogens (tertiary/aromatic N) is 4. The van der Waals surface area contributed by atoms with E-state index in [0.29, 0.717) is 11.6 Å². The molecule has 31 heavy (non-hydrogen) atoms. The molecule has 0 saturated carbocycles. The van der Waals surface area contributed by atoms with E-state index in [-0.39, 0.29) is 43.9 Å². The first-order valence-corrected chi connectivity index (χ1v) is 9.44. The molecular weight excluding hydrogens is 428 g/mol. The lowest BCUT2D eigenvalue weighted by molar-refractivity contribution is -0.148. The van der Waals surface area contributed by atoms with Crippen molar-refractivity contribution in [1.82, 2.24) is 19.7 Å². The Balaban J connectivity index is 1.50. The largest absolute Gasteiger partial charge is 0.451 e. The SMILES string of the molecule is N[C@H]1CC(C(=O)N2CCn3c(nnc3C(F)(F)F)C2)=CC[C@@H]1c1cc(F)c(F)cc1F. The topological polar surface area (TPSA) is 77.0 Å². The van der Waals surface area contributed by atoms with Gasteiger partial charge in [-0.25, -0.2) is 13.2 Å². The quantitative estimate of drug-likeness (QED) is 0.570. The van der Waals surface area contributed by atoms with Gasteiger partial charge in [0, 0.05) is 36.7 Å². The zero-order valence-electron chi connectivity index (χ0n) is 16.0. The minimum Gasteiger partial charge on any atom is -0.330 e. The first-order valence-electron chi connectivity index (χ1n) is 9.44. The molecule has 2 aromatic rings. The summed E-state index contributed by atoms with van der Waals surface area (Å²) in [5, 5.41) is 6.71. The number of halogens is 6. The molecule has 1 aromatic carbocycles. The molecule has 1 aromatic heterocycles. The molecule has 0 bridgehead atoms. The van der Waals surface area contributed by atoms with Crippen LogP contribution < -0.4 is 5.73 Å². The van der Waals surface area contributed by atoms with Crippen molar-refractivity contribution >= 4 is 5.91 Å². The summed E-state index contributed by atoms with van der Waals surface area (Å²) in [5.41, 5.74) is 6.37. The Labute approximate surface area is 172 Å². The third-order valence-corrected chi connectivity index (χ3v) is 5.60. The van der Waals surface area contributed by atoms with Crippen LogP contribution in [0.1, 0.15) is 36.0 Å². The van der Waals surface area contributed by atoms with Crippen molar-refractivity contribution in [3.63, 3.8) is 0 Å². The Morgan fingerprint density at radius 1 is 1.06 bits per heavy atom. The minimum absolute atomic E-state index is 0.0226. The number of fused-ring (bicyclic) bond motifs is 1. The molecule has 0 fully saturated rings. The summed E-state index contributed by atoms with van der Waals surface area (Å²) in [5.74, 6) is -5.56. The van der Waals surface area contributed by atoms with Crippen LogP contribution in [-0.2, 0) is 24.1 Å². The summed E-state index contributed by atoms with van der Waals surface area (Å²) in [6.45, 7) is -0.221. The molecule has 1 aliphatic heterocycles. The zero-order chi connectivity index (χ0) is 22.5. The van der Waals surface area contributed by atoms with E-state index in [2.05, 4.69) is 10.2 Å². The van der Waals surface area contributed by atoms with Gasteiger partial charge in [-0.2, -0.15) is 13.2 Å². The first-order chi connectivity index (χ1) is 14.6. The van der Waals surface area contributed by atoms with Crippen LogP contribution in [0.15, 0.2) is 23.8 Å². The summed E-state index contributed by atoms with van der Waals surface area (Å²) in [6.07, 6.45) is -2.90. The average molecular weight is 445 g/mol. The van der Waals surface area contributed by atoms with E-state index in [0.717, 1.165) is 10.6 Å². The first kappa shape index (κ1) is 21.3. The summed E-state index contributed by atoms with van der Waals surface area (Å²) in [4.78, 5) is 14.2. The second kappa shape index (κ2) is 7.66. The Morgan fingerprint density at radius 2 is 1.77 bits per heavy atom. The third kappa shape index (κ3) is 3.91. The van der Waals surface area contributed by atoms with Crippen molar-refractivity contribution in [3.05, 3.63) is 58.4 Å². The van der Waals surface area contributed by atoms with Crippen LogP contribution in [0.5, 0.6) is 0 Å². The van der Waals surface area contributed by atoms with Crippen molar-refractivity contribution < 1.29 is 31.1 Å². The highest BCUT2D eigenvalue weighted by atomic mass is 19.4. The van der Waals surface area contributed by atoms with E-state index in [1.807, 2.05) is 0 Å². The molecule has 1 amide bonds. The molecule has 4 rings (SSSR count). The molecular formula is C19H17F6N5O. The fraction of sp³-hybridized carbons (Fsp3) is 0.421. The van der Waals surface area contributed by atoms with E-state index in [1.165, 1.54) is 4.90 Å². The smallest absolute Gasteiger partial charge is 0.330 e. The van der Waals surface area contributed by atoms with Gasteiger partial charge in [0.15, 0.2) is 17.5 Å².